The Balaban J connectivity index is 3.04. The lowest BCUT2D eigenvalue weighted by Gasteiger charge is -2.14. The van der Waals surface area contributed by atoms with Crippen LogP contribution in [0, 0.1) is 0 Å². The quantitative estimate of drug-likeness (QED) is 0.700. The van der Waals surface area contributed by atoms with Crippen molar-refractivity contribution in [2.45, 2.75) is 26.7 Å². The Bertz CT molecular complexity index is 361. The van der Waals surface area contributed by atoms with E-state index in [0.29, 0.717) is 30.3 Å². The lowest BCUT2D eigenvalue weighted by Crippen LogP contribution is -2.09. The standard InChI is InChI=1S/C14H20O4/c1-4-9-17-11-7-6-8-12(18-10-5-2)13(11)14(15)16-3/h6-8H,4-5,9-10H2,1-3H3. The first-order valence-electron chi connectivity index (χ1n) is 6.21. The van der Waals surface area contributed by atoms with E-state index in [0.717, 1.165) is 12.8 Å². The van der Waals surface area contributed by atoms with E-state index in [1.807, 2.05) is 19.9 Å². The number of benzene rings is 1. The van der Waals surface area contributed by atoms with Crippen molar-refractivity contribution in [1.82, 2.24) is 0 Å². The molecule has 0 saturated carbocycles. The molecule has 18 heavy (non-hydrogen) atoms. The molecule has 0 atom stereocenters. The van der Waals surface area contributed by atoms with Gasteiger partial charge in [0.15, 0.2) is 0 Å². The fourth-order valence-electron chi connectivity index (χ4n) is 1.48. The van der Waals surface area contributed by atoms with Gasteiger partial charge in [0, 0.05) is 0 Å². The van der Waals surface area contributed by atoms with Gasteiger partial charge in [0.1, 0.15) is 17.1 Å². The van der Waals surface area contributed by atoms with Crippen LogP contribution < -0.4 is 9.47 Å². The van der Waals surface area contributed by atoms with Gasteiger partial charge in [-0.1, -0.05) is 19.9 Å². The molecule has 0 fully saturated rings. The monoisotopic (exact) mass is 252 g/mol. The lowest BCUT2D eigenvalue weighted by atomic mass is 10.1. The van der Waals surface area contributed by atoms with E-state index in [9.17, 15) is 4.79 Å². The van der Waals surface area contributed by atoms with Crippen molar-refractivity contribution >= 4 is 5.97 Å². The third-order valence-corrected chi connectivity index (χ3v) is 2.30. The molecule has 4 heteroatoms. The van der Waals surface area contributed by atoms with Gasteiger partial charge in [-0.3, -0.25) is 0 Å². The largest absolute Gasteiger partial charge is 0.493 e. The molecule has 0 bridgehead atoms. The summed E-state index contributed by atoms with van der Waals surface area (Å²) in [5.41, 5.74) is 0.363. The van der Waals surface area contributed by atoms with Gasteiger partial charge in [0.05, 0.1) is 20.3 Å². The van der Waals surface area contributed by atoms with Crippen LogP contribution in [0.15, 0.2) is 18.2 Å². The van der Waals surface area contributed by atoms with Crippen molar-refractivity contribution in [3.8, 4) is 11.5 Å². The van der Waals surface area contributed by atoms with Crippen LogP contribution in [0.25, 0.3) is 0 Å². The van der Waals surface area contributed by atoms with Crippen molar-refractivity contribution in [2.75, 3.05) is 20.3 Å². The lowest BCUT2D eigenvalue weighted by molar-refractivity contribution is 0.0591. The Morgan fingerprint density at radius 1 is 1.06 bits per heavy atom. The number of ether oxygens (including phenoxy) is 3. The second kappa shape index (κ2) is 7.58. The van der Waals surface area contributed by atoms with Crippen LogP contribution in [-0.2, 0) is 4.74 Å². The van der Waals surface area contributed by atoms with Gasteiger partial charge in [0.2, 0.25) is 0 Å². The minimum absolute atomic E-state index is 0.363. The molecule has 0 radical (unpaired) electrons. The van der Waals surface area contributed by atoms with Crippen molar-refractivity contribution in [3.63, 3.8) is 0 Å². The van der Waals surface area contributed by atoms with Crippen molar-refractivity contribution in [3.05, 3.63) is 23.8 Å². The number of methoxy groups -OCH3 is 1. The number of carbonyl (C=O) groups is 1. The zero-order valence-corrected chi connectivity index (χ0v) is 11.2. The highest BCUT2D eigenvalue weighted by Gasteiger charge is 2.19. The Morgan fingerprint density at radius 2 is 1.56 bits per heavy atom. The average Bonchev–Trinajstić information content (AvgIpc) is 2.41. The average molecular weight is 252 g/mol. The topological polar surface area (TPSA) is 44.8 Å². The second-order valence-corrected chi connectivity index (χ2v) is 3.82. The number of rotatable bonds is 7. The van der Waals surface area contributed by atoms with Crippen LogP contribution in [0.1, 0.15) is 37.0 Å². The smallest absolute Gasteiger partial charge is 0.345 e. The first-order chi connectivity index (χ1) is 8.74. The normalized spacial score (nSPS) is 9.94. The molecule has 0 aromatic heterocycles. The van der Waals surface area contributed by atoms with Crippen LogP contribution in [0.4, 0.5) is 0 Å². The Labute approximate surface area is 108 Å². The van der Waals surface area contributed by atoms with Crippen molar-refractivity contribution in [2.24, 2.45) is 0 Å². The van der Waals surface area contributed by atoms with Gasteiger partial charge >= 0.3 is 5.97 Å². The molecule has 0 saturated heterocycles. The fraction of sp³-hybridized carbons (Fsp3) is 0.500. The molecule has 0 aliphatic carbocycles. The molecule has 0 spiro atoms. The Kier molecular flexibility index (Phi) is 6.05. The maximum atomic E-state index is 11.8. The molecule has 1 aromatic carbocycles. The molecule has 1 rings (SSSR count). The number of hydrogen-bond acceptors (Lipinski definition) is 4. The van der Waals surface area contributed by atoms with E-state index in [-0.39, 0.29) is 0 Å². The third kappa shape index (κ3) is 3.65. The highest BCUT2D eigenvalue weighted by molar-refractivity contribution is 5.95. The van der Waals surface area contributed by atoms with E-state index in [1.54, 1.807) is 12.1 Å². The van der Waals surface area contributed by atoms with Crippen molar-refractivity contribution in [1.29, 1.82) is 0 Å². The van der Waals surface area contributed by atoms with Gasteiger partial charge in [-0.05, 0) is 25.0 Å². The second-order valence-electron chi connectivity index (χ2n) is 3.82. The summed E-state index contributed by atoms with van der Waals surface area (Å²) in [7, 11) is 1.35. The summed E-state index contributed by atoms with van der Waals surface area (Å²) >= 11 is 0. The summed E-state index contributed by atoms with van der Waals surface area (Å²) in [6, 6.07) is 5.31. The van der Waals surface area contributed by atoms with E-state index in [1.165, 1.54) is 7.11 Å². The summed E-state index contributed by atoms with van der Waals surface area (Å²) in [6.45, 7) is 5.13. The predicted octanol–water partition coefficient (Wildman–Crippen LogP) is 3.05. The fourth-order valence-corrected chi connectivity index (χ4v) is 1.48. The molecular weight excluding hydrogens is 232 g/mol. The SMILES string of the molecule is CCCOc1cccc(OCCC)c1C(=O)OC. The first-order valence-corrected chi connectivity index (χ1v) is 6.21. The van der Waals surface area contributed by atoms with Crippen molar-refractivity contribution < 1.29 is 19.0 Å². The molecule has 0 unspecified atom stereocenters. The first kappa shape index (κ1) is 14.4. The van der Waals surface area contributed by atoms with Crippen LogP contribution in [0.5, 0.6) is 11.5 Å². The maximum Gasteiger partial charge on any atom is 0.345 e. The Morgan fingerprint density at radius 3 is 1.94 bits per heavy atom. The minimum atomic E-state index is -0.437. The van der Waals surface area contributed by atoms with Gasteiger partial charge in [-0.2, -0.15) is 0 Å². The van der Waals surface area contributed by atoms with E-state index < -0.39 is 5.97 Å². The highest BCUT2D eigenvalue weighted by Crippen LogP contribution is 2.29. The minimum Gasteiger partial charge on any atom is -0.493 e. The molecule has 100 valence electrons. The van der Waals surface area contributed by atoms with Gasteiger partial charge < -0.3 is 14.2 Å². The van der Waals surface area contributed by atoms with E-state index >= 15 is 0 Å². The zero-order chi connectivity index (χ0) is 13.4. The number of hydrogen-bond donors (Lipinski definition) is 0. The molecular formula is C14H20O4. The third-order valence-electron chi connectivity index (χ3n) is 2.30. The van der Waals surface area contributed by atoms with Crippen LogP contribution in [0.3, 0.4) is 0 Å². The van der Waals surface area contributed by atoms with Gasteiger partial charge in [-0.25, -0.2) is 4.79 Å². The van der Waals surface area contributed by atoms with Crippen LogP contribution in [-0.4, -0.2) is 26.3 Å². The molecule has 0 aliphatic heterocycles. The number of carbonyl (C=O) groups excluding carboxylic acids is 1. The van der Waals surface area contributed by atoms with E-state index in [2.05, 4.69) is 0 Å². The van der Waals surface area contributed by atoms with Gasteiger partial charge in [0.25, 0.3) is 0 Å². The number of esters is 1. The summed E-state index contributed by atoms with van der Waals surface area (Å²) in [4.78, 5) is 11.8. The molecule has 0 heterocycles. The molecule has 0 amide bonds. The molecule has 0 aliphatic rings. The van der Waals surface area contributed by atoms with Gasteiger partial charge in [-0.15, -0.1) is 0 Å². The molecule has 0 N–H and O–H groups in total. The Hall–Kier alpha value is -1.71. The summed E-state index contributed by atoms with van der Waals surface area (Å²) < 4.78 is 15.9. The zero-order valence-electron chi connectivity index (χ0n) is 11.2. The maximum absolute atomic E-state index is 11.8. The molecule has 4 nitrogen and oxygen atoms in total. The predicted molar refractivity (Wildman–Crippen MR) is 69.4 cm³/mol. The van der Waals surface area contributed by atoms with Crippen LogP contribution >= 0.6 is 0 Å². The highest BCUT2D eigenvalue weighted by atomic mass is 16.5. The summed E-state index contributed by atoms with van der Waals surface area (Å²) in [6.07, 6.45) is 1.75. The van der Waals surface area contributed by atoms with Crippen LogP contribution in [0.2, 0.25) is 0 Å². The van der Waals surface area contributed by atoms with E-state index in [4.69, 9.17) is 14.2 Å². The summed E-state index contributed by atoms with van der Waals surface area (Å²) in [5, 5.41) is 0. The summed E-state index contributed by atoms with van der Waals surface area (Å²) in [5.74, 6) is 0.586. The molecule has 1 aromatic rings.